The topological polar surface area (TPSA) is 175 Å². The largest absolute Gasteiger partial charge is 0.440 e. The van der Waals surface area contributed by atoms with E-state index in [1.54, 1.807) is 0 Å². The van der Waals surface area contributed by atoms with Gasteiger partial charge in [0.1, 0.15) is 23.7 Å². The molecule has 6 heterocycles. The van der Waals surface area contributed by atoms with E-state index < -0.39 is 61.9 Å². The van der Waals surface area contributed by atoms with E-state index in [4.69, 9.17) is 9.97 Å². The van der Waals surface area contributed by atoms with E-state index in [1.807, 2.05) is 35.8 Å². The minimum Gasteiger partial charge on any atom is -0.440 e. The van der Waals surface area contributed by atoms with Crippen LogP contribution in [0.15, 0.2) is 72.8 Å². The molecule has 4 bridgehead atoms. The number of H-pyrrole nitrogens is 2. The molecule has 6 aliphatic carbocycles. The first kappa shape index (κ1) is 52.3. The summed E-state index contributed by atoms with van der Waals surface area (Å²) in [4.78, 5) is 74.9. The van der Waals surface area contributed by atoms with Crippen LogP contribution in [-0.2, 0) is 44.7 Å². The molecule has 0 radical (unpaired) electrons. The molecule has 4 aliphatic heterocycles. The molecule has 6 aromatic rings. The first-order valence-corrected chi connectivity index (χ1v) is 28.2. The van der Waals surface area contributed by atoms with Gasteiger partial charge in [0.15, 0.2) is 13.2 Å². The number of alkyl halides is 6. The number of aromatic amines is 2. The first-order valence-electron chi connectivity index (χ1n) is 28.2. The van der Waals surface area contributed by atoms with Gasteiger partial charge in [-0.1, -0.05) is 75.2 Å². The van der Waals surface area contributed by atoms with Crippen molar-refractivity contribution in [1.82, 2.24) is 40.4 Å². The van der Waals surface area contributed by atoms with Gasteiger partial charge in [-0.25, -0.2) is 19.6 Å². The molecular formula is C60H62F6N8O6. The highest BCUT2D eigenvalue weighted by Crippen LogP contribution is 2.55. The van der Waals surface area contributed by atoms with Gasteiger partial charge in [-0.3, -0.25) is 9.59 Å². The Balaban J connectivity index is 0.733. The molecule has 14 nitrogen and oxygen atoms in total. The van der Waals surface area contributed by atoms with Crippen molar-refractivity contribution in [2.75, 3.05) is 13.2 Å². The zero-order chi connectivity index (χ0) is 55.5. The fraction of sp³-hybridized carbons (Fsp3) is 0.500. The molecule has 10 aliphatic rings. The molecule has 2 saturated carbocycles. The third kappa shape index (κ3) is 9.50. The van der Waals surface area contributed by atoms with Gasteiger partial charge in [-0.05, 0) is 168 Å². The number of fused-ring (bicyclic) bond motifs is 2. The number of carbonyl (C=O) groups is 4. The molecule has 6 fully saturated rings. The van der Waals surface area contributed by atoms with Crippen LogP contribution in [0.5, 0.6) is 0 Å². The summed E-state index contributed by atoms with van der Waals surface area (Å²) in [7, 11) is 0. The van der Waals surface area contributed by atoms with Gasteiger partial charge in [0.05, 0.1) is 34.2 Å². The Labute approximate surface area is 457 Å². The van der Waals surface area contributed by atoms with Gasteiger partial charge >= 0.3 is 24.5 Å². The van der Waals surface area contributed by atoms with E-state index in [-0.39, 0.29) is 59.4 Å². The number of halogens is 6. The van der Waals surface area contributed by atoms with Crippen molar-refractivity contribution in [1.29, 1.82) is 0 Å². The molecule has 420 valence electrons. The van der Waals surface area contributed by atoms with Crippen LogP contribution in [0, 0.1) is 35.5 Å². The number of rotatable bonds is 8. The molecule has 20 heteroatoms. The minimum atomic E-state index is -4.69. The SMILES string of the molecule is CC1C(NC(=O)OCC(F)(F)F)C(=O)N2[C@H](c3nc4ccc(-c5cc6ccc5CCc5ccc(c(-c7ccc8nc([C@@H]9C[C@@H]%10CCCC%11C(C)[C@H](NC(=O)OCC(F)(F)F)C(=O)N9[C@@H]%11%10)[nH]c8c7)c5)CC6)cc4[nH]3)C[C@@H]3CCCC1[C@@H]32. The number of nitrogens with zero attached hydrogens (tertiary/aromatic N) is 4. The lowest BCUT2D eigenvalue weighted by Gasteiger charge is -2.49. The van der Waals surface area contributed by atoms with Crippen molar-refractivity contribution in [3.63, 3.8) is 0 Å². The number of ether oxygens (including phenoxy) is 2. The maximum absolute atomic E-state index is 14.4. The Bertz CT molecular complexity index is 3230. The molecule has 4 aromatic carbocycles. The summed E-state index contributed by atoms with van der Waals surface area (Å²) in [5.74, 6) is 0.666. The van der Waals surface area contributed by atoms with Crippen LogP contribution in [0.2, 0.25) is 0 Å². The van der Waals surface area contributed by atoms with Crippen molar-refractivity contribution in [3.05, 3.63) is 107 Å². The highest BCUT2D eigenvalue weighted by molar-refractivity contribution is 5.90. The lowest BCUT2D eigenvalue weighted by Crippen LogP contribution is -2.63. The monoisotopic (exact) mass is 1100 g/mol. The normalized spacial score (nSPS) is 29.1. The Morgan fingerprint density at radius 1 is 0.588 bits per heavy atom. The summed E-state index contributed by atoms with van der Waals surface area (Å²) < 4.78 is 86.4. The second-order valence-electron chi connectivity index (χ2n) is 23.7. The quantitative estimate of drug-likeness (QED) is 0.109. The highest BCUT2D eigenvalue weighted by atomic mass is 19.4. The van der Waals surface area contributed by atoms with Crippen molar-refractivity contribution in [3.8, 4) is 22.3 Å². The molecule has 12 atom stereocenters. The van der Waals surface area contributed by atoms with E-state index in [1.165, 1.54) is 22.3 Å². The molecule has 4 saturated heterocycles. The van der Waals surface area contributed by atoms with Gasteiger partial charge in [-0.15, -0.1) is 0 Å². The van der Waals surface area contributed by atoms with Crippen molar-refractivity contribution in [2.45, 2.75) is 140 Å². The zero-order valence-electron chi connectivity index (χ0n) is 44.3. The van der Waals surface area contributed by atoms with Crippen LogP contribution < -0.4 is 10.6 Å². The Kier molecular flexibility index (Phi) is 13.0. The van der Waals surface area contributed by atoms with Crippen molar-refractivity contribution in [2.24, 2.45) is 35.5 Å². The number of carbonyl (C=O) groups excluding carboxylic acids is 4. The number of hydrogen-bond acceptors (Lipinski definition) is 8. The van der Waals surface area contributed by atoms with Crippen LogP contribution in [0.25, 0.3) is 44.3 Å². The number of aromatic nitrogens is 4. The lowest BCUT2D eigenvalue weighted by atomic mass is 9.68. The minimum absolute atomic E-state index is 0.0593. The number of imidazole rings is 2. The number of alkyl carbamates (subject to hydrolysis) is 2. The Hall–Kier alpha value is -7.12. The van der Waals surface area contributed by atoms with Crippen LogP contribution in [0.1, 0.15) is 111 Å². The standard InChI is InChI=1S/C60H62F6N8O6/c1-29-39-7-3-5-37-25-47(73(51(37)39)55(75)49(29)71-57(77)79-27-59(61,62)63)53-67-43-19-17-35(23-45(43)69-53)41-21-31-9-13-33(41)15-11-32-10-14-34(16-12-31)42(22-32)36-18-20-44-46(24-36)70-54(68-44)48-26-38-6-4-8-40-30(2)50(56(76)74(48)52(38)40)72-58(78)80-28-60(64,65)66/h9-10,13-14,17-24,29-30,37-40,47-52H,3-8,11-12,15-16,25-28H2,1-2H3,(H,67,69)(H,68,70)(H,71,77)(H,72,78)/t29?,30?,37-,38-,39?,40?,47-,48-,49-,50?,51+,52+/m0/s1. The number of aryl methyl sites for hydroxylation is 4. The summed E-state index contributed by atoms with van der Waals surface area (Å²) in [6.45, 7) is 0.314. The third-order valence-electron chi connectivity index (χ3n) is 19.1. The van der Waals surface area contributed by atoms with E-state index in [2.05, 4.69) is 90.7 Å². The maximum atomic E-state index is 14.4. The molecule has 0 spiro atoms. The second-order valence-corrected chi connectivity index (χ2v) is 23.7. The average Bonchev–Trinajstić information content (AvgIpc) is 4.28. The third-order valence-corrected chi connectivity index (χ3v) is 19.1. The predicted molar refractivity (Wildman–Crippen MR) is 283 cm³/mol. The van der Waals surface area contributed by atoms with Gasteiger partial charge in [-0.2, -0.15) is 26.3 Å². The zero-order valence-corrected chi connectivity index (χ0v) is 44.3. The smallest absolute Gasteiger partial charge is 0.422 e. The summed E-state index contributed by atoms with van der Waals surface area (Å²) >= 11 is 0. The number of hydrogen-bond donors (Lipinski definition) is 4. The van der Waals surface area contributed by atoms with Gasteiger partial charge in [0.2, 0.25) is 11.8 Å². The number of amides is 4. The molecule has 80 heavy (non-hydrogen) atoms. The molecular weight excluding hydrogens is 1040 g/mol. The fourth-order valence-electron chi connectivity index (χ4n) is 15.5. The van der Waals surface area contributed by atoms with Crippen LogP contribution in [0.3, 0.4) is 0 Å². The molecule has 4 amide bonds. The first-order chi connectivity index (χ1) is 38.3. The van der Waals surface area contributed by atoms with Gasteiger partial charge < -0.3 is 39.9 Å². The average molecular weight is 1110 g/mol. The number of benzene rings is 4. The second kappa shape index (κ2) is 19.8. The fourth-order valence-corrected chi connectivity index (χ4v) is 15.5. The van der Waals surface area contributed by atoms with Gasteiger partial charge in [0.25, 0.3) is 0 Å². The predicted octanol–water partition coefficient (Wildman–Crippen LogP) is 11.4. The molecule has 16 rings (SSSR count). The number of piperidine rings is 2. The van der Waals surface area contributed by atoms with Crippen LogP contribution >= 0.6 is 0 Å². The van der Waals surface area contributed by atoms with Gasteiger partial charge in [0, 0.05) is 12.1 Å². The van der Waals surface area contributed by atoms with Crippen LogP contribution in [-0.4, -0.2) is 103 Å². The summed E-state index contributed by atoms with van der Waals surface area (Å²) in [5.41, 5.74) is 12.2. The summed E-state index contributed by atoms with van der Waals surface area (Å²) in [6, 6.07) is 22.9. The Morgan fingerprint density at radius 3 is 1.43 bits per heavy atom. The van der Waals surface area contributed by atoms with E-state index in [9.17, 15) is 45.5 Å². The van der Waals surface area contributed by atoms with Crippen molar-refractivity contribution < 1.29 is 55.0 Å². The van der Waals surface area contributed by atoms with Crippen LogP contribution in [0.4, 0.5) is 35.9 Å². The Morgan fingerprint density at radius 2 is 1.01 bits per heavy atom. The van der Waals surface area contributed by atoms with Crippen molar-refractivity contribution >= 4 is 46.1 Å². The molecule has 4 N–H and O–H groups in total. The van der Waals surface area contributed by atoms with E-state index >= 15 is 0 Å². The lowest BCUT2D eigenvalue weighted by molar-refractivity contribution is -0.162. The summed E-state index contributed by atoms with van der Waals surface area (Å²) in [5, 5.41) is 4.99. The molecule has 2 aromatic heterocycles. The summed E-state index contributed by atoms with van der Waals surface area (Å²) in [6.07, 6.45) is -1.90. The molecule has 5 unspecified atom stereocenters. The highest BCUT2D eigenvalue weighted by Gasteiger charge is 2.59. The maximum Gasteiger partial charge on any atom is 0.422 e. The van der Waals surface area contributed by atoms with E-state index in [0.29, 0.717) is 24.5 Å². The number of nitrogens with one attached hydrogen (secondary N) is 4. The van der Waals surface area contributed by atoms with E-state index in [0.717, 1.165) is 109 Å².